The molecule has 0 fully saturated rings. The molecule has 0 N–H and O–H groups in total. The lowest BCUT2D eigenvalue weighted by Gasteiger charge is -2.23. The molecule has 0 unspecified atom stereocenters. The molecule has 182 valence electrons. The third-order valence-electron chi connectivity index (χ3n) is 5.96. The molecule has 2 heterocycles. The molecule has 0 bridgehead atoms. The molecule has 0 atom stereocenters. The molecular weight excluding hydrogens is 474 g/mol. The smallest absolute Gasteiger partial charge is 0.273 e. The van der Waals surface area contributed by atoms with Gasteiger partial charge in [-0.05, 0) is 49.4 Å². The van der Waals surface area contributed by atoms with Gasteiger partial charge >= 0.3 is 0 Å². The topological polar surface area (TPSA) is 87.7 Å². The van der Waals surface area contributed by atoms with Gasteiger partial charge in [-0.3, -0.25) is 9.36 Å². The zero-order chi connectivity index (χ0) is 25.9. The van der Waals surface area contributed by atoms with Crippen LogP contribution in [0, 0.1) is 29.9 Å². The first-order chi connectivity index (χ1) is 17.9. The number of halogens is 2. The summed E-state index contributed by atoms with van der Waals surface area (Å²) >= 11 is 0. The second-order valence-electron chi connectivity index (χ2n) is 8.44. The molecule has 7 nitrogen and oxygen atoms in total. The number of nitriles is 1. The molecule has 0 aliphatic rings. The number of rotatable bonds is 6. The van der Waals surface area contributed by atoms with Gasteiger partial charge in [0.1, 0.15) is 23.2 Å². The maximum absolute atomic E-state index is 14.6. The van der Waals surface area contributed by atoms with Crippen LogP contribution in [0.25, 0.3) is 16.6 Å². The molecule has 0 radical (unpaired) electrons. The van der Waals surface area contributed by atoms with Gasteiger partial charge < -0.3 is 4.90 Å². The Labute approximate surface area is 211 Å². The number of benzene rings is 3. The monoisotopic (exact) mass is 494 g/mol. The minimum absolute atomic E-state index is 0.0228. The Morgan fingerprint density at radius 1 is 0.973 bits per heavy atom. The largest absolute Gasteiger partial charge is 0.325 e. The zero-order valence-corrected chi connectivity index (χ0v) is 19.8. The molecule has 9 heteroatoms. The number of nitrogens with zero attached hydrogens (tertiary/aromatic N) is 6. The minimum atomic E-state index is -0.756. The maximum atomic E-state index is 14.6. The van der Waals surface area contributed by atoms with Gasteiger partial charge in [0.15, 0.2) is 5.82 Å². The average molecular weight is 495 g/mol. The fourth-order valence-corrected chi connectivity index (χ4v) is 4.10. The van der Waals surface area contributed by atoms with Crippen molar-refractivity contribution in [1.29, 1.82) is 5.26 Å². The van der Waals surface area contributed by atoms with E-state index in [1.807, 2.05) is 18.2 Å². The van der Waals surface area contributed by atoms with Crippen LogP contribution in [0.15, 0.2) is 78.9 Å². The molecule has 0 saturated carbocycles. The quantitative estimate of drug-likeness (QED) is 0.327. The highest BCUT2D eigenvalue weighted by atomic mass is 19.1. The van der Waals surface area contributed by atoms with Crippen LogP contribution in [-0.4, -0.2) is 30.6 Å². The Morgan fingerprint density at radius 2 is 1.76 bits per heavy atom. The third-order valence-corrected chi connectivity index (χ3v) is 5.96. The molecule has 5 aromatic rings. The number of pyridine rings is 1. The van der Waals surface area contributed by atoms with E-state index < -0.39 is 17.5 Å². The lowest BCUT2D eigenvalue weighted by Crippen LogP contribution is -2.32. The Kier molecular flexibility index (Phi) is 6.39. The van der Waals surface area contributed by atoms with Crippen molar-refractivity contribution in [3.05, 3.63) is 119 Å². The van der Waals surface area contributed by atoms with E-state index in [1.165, 1.54) is 11.0 Å². The number of hydrogen-bond acceptors (Lipinski definition) is 5. The van der Waals surface area contributed by atoms with Crippen molar-refractivity contribution in [1.82, 2.24) is 24.6 Å². The van der Waals surface area contributed by atoms with Crippen LogP contribution in [0.3, 0.4) is 0 Å². The summed E-state index contributed by atoms with van der Waals surface area (Å²) in [5.74, 6) is -0.898. The van der Waals surface area contributed by atoms with Gasteiger partial charge in [0, 0.05) is 29.2 Å². The van der Waals surface area contributed by atoms with Crippen molar-refractivity contribution in [3.63, 3.8) is 0 Å². The zero-order valence-electron chi connectivity index (χ0n) is 19.8. The van der Waals surface area contributed by atoms with Gasteiger partial charge in [-0.25, -0.2) is 13.8 Å². The van der Waals surface area contributed by atoms with Gasteiger partial charge in [-0.15, -0.1) is 10.2 Å². The number of para-hydroxylation sites is 1. The van der Waals surface area contributed by atoms with Gasteiger partial charge in [0.25, 0.3) is 5.91 Å². The average Bonchev–Trinajstić information content (AvgIpc) is 3.28. The van der Waals surface area contributed by atoms with E-state index in [1.54, 1.807) is 54.0 Å². The Hall–Kier alpha value is -4.97. The number of carbonyl (C=O) groups is 1. The summed E-state index contributed by atoms with van der Waals surface area (Å²) in [7, 11) is 0. The summed E-state index contributed by atoms with van der Waals surface area (Å²) in [4.78, 5) is 19.6. The SMILES string of the molecule is Cc1nnc(CN(Cc2ccc(F)cc2F)C(=O)c2ccc3ccccc3n2)n1-c1ccc(C#N)cc1. The molecule has 3 aromatic carbocycles. The fraction of sp³-hybridized carbons (Fsp3) is 0.107. The third kappa shape index (κ3) is 4.90. The van der Waals surface area contributed by atoms with Gasteiger partial charge in [-0.2, -0.15) is 5.26 Å². The maximum Gasteiger partial charge on any atom is 0.273 e. The summed E-state index contributed by atoms with van der Waals surface area (Å²) in [5.41, 5.74) is 2.19. The molecule has 2 aromatic heterocycles. The number of hydrogen-bond donors (Lipinski definition) is 0. The molecule has 5 rings (SSSR count). The first-order valence-electron chi connectivity index (χ1n) is 11.4. The Balaban J connectivity index is 1.54. The molecule has 1 amide bonds. The van der Waals surface area contributed by atoms with E-state index in [-0.39, 0.29) is 24.3 Å². The number of amides is 1. The van der Waals surface area contributed by atoms with E-state index in [4.69, 9.17) is 5.26 Å². The number of aryl methyl sites for hydroxylation is 1. The van der Waals surface area contributed by atoms with Crippen molar-refractivity contribution < 1.29 is 13.6 Å². The van der Waals surface area contributed by atoms with E-state index in [9.17, 15) is 13.6 Å². The van der Waals surface area contributed by atoms with E-state index >= 15 is 0 Å². The van der Waals surface area contributed by atoms with Crippen molar-refractivity contribution in [2.24, 2.45) is 0 Å². The summed E-state index contributed by atoms with van der Waals surface area (Å²) in [6.45, 7) is 1.61. The Bertz CT molecular complexity index is 1660. The molecule has 37 heavy (non-hydrogen) atoms. The van der Waals surface area contributed by atoms with Crippen LogP contribution in [0.1, 0.15) is 33.3 Å². The van der Waals surface area contributed by atoms with Crippen molar-refractivity contribution in [2.45, 2.75) is 20.0 Å². The predicted molar refractivity (Wildman–Crippen MR) is 132 cm³/mol. The summed E-state index contributed by atoms with van der Waals surface area (Å²) in [6.07, 6.45) is 0. The highest BCUT2D eigenvalue weighted by Gasteiger charge is 2.23. The fourth-order valence-electron chi connectivity index (χ4n) is 4.10. The van der Waals surface area contributed by atoms with Crippen molar-refractivity contribution in [2.75, 3.05) is 0 Å². The first-order valence-corrected chi connectivity index (χ1v) is 11.4. The second-order valence-corrected chi connectivity index (χ2v) is 8.44. The van der Waals surface area contributed by atoms with Crippen molar-refractivity contribution >= 4 is 16.8 Å². The summed E-state index contributed by atoms with van der Waals surface area (Å²) in [6, 6.07) is 23.0. The van der Waals surface area contributed by atoms with E-state index in [0.717, 1.165) is 17.5 Å². The molecular formula is C28H20F2N6O. The van der Waals surface area contributed by atoms with Crippen LogP contribution in [-0.2, 0) is 13.1 Å². The van der Waals surface area contributed by atoms with Crippen LogP contribution in [0.4, 0.5) is 8.78 Å². The molecule has 0 aliphatic heterocycles. The minimum Gasteiger partial charge on any atom is -0.325 e. The van der Waals surface area contributed by atoms with Gasteiger partial charge in [-0.1, -0.05) is 30.3 Å². The number of fused-ring (bicyclic) bond motifs is 1. The highest BCUT2D eigenvalue weighted by Crippen LogP contribution is 2.21. The number of aromatic nitrogens is 4. The van der Waals surface area contributed by atoms with E-state index in [0.29, 0.717) is 28.4 Å². The molecule has 0 saturated heterocycles. The summed E-state index contributed by atoms with van der Waals surface area (Å²) < 4.78 is 29.9. The van der Waals surface area contributed by atoms with Gasteiger partial charge in [0.2, 0.25) is 0 Å². The lowest BCUT2D eigenvalue weighted by atomic mass is 10.1. The normalized spacial score (nSPS) is 10.9. The second kappa shape index (κ2) is 9.95. The molecule has 0 spiro atoms. The number of carbonyl (C=O) groups excluding carboxylic acids is 1. The van der Waals surface area contributed by atoms with Crippen molar-refractivity contribution in [3.8, 4) is 11.8 Å². The first kappa shape index (κ1) is 23.8. The van der Waals surface area contributed by atoms with Crippen LogP contribution in [0.5, 0.6) is 0 Å². The van der Waals surface area contributed by atoms with Gasteiger partial charge in [0.05, 0.1) is 23.7 Å². The Morgan fingerprint density at radius 3 is 2.51 bits per heavy atom. The molecule has 0 aliphatic carbocycles. The van der Waals surface area contributed by atoms with Crippen LogP contribution < -0.4 is 0 Å². The summed E-state index contributed by atoms with van der Waals surface area (Å²) in [5, 5.41) is 18.4. The highest BCUT2D eigenvalue weighted by molar-refractivity contribution is 5.94. The predicted octanol–water partition coefficient (Wildman–Crippen LogP) is 5.12. The lowest BCUT2D eigenvalue weighted by molar-refractivity contribution is 0.0717. The standard InChI is InChI=1S/C28H20F2N6O/c1-18-33-34-27(36(18)23-11-6-19(15-31)7-12-23)17-35(16-21-8-10-22(29)14-24(21)30)28(37)26-13-9-20-4-2-3-5-25(20)32-26/h2-14H,16-17H2,1H3. The van der Waals surface area contributed by atoms with Crippen LogP contribution in [0.2, 0.25) is 0 Å². The van der Waals surface area contributed by atoms with Crippen LogP contribution >= 0.6 is 0 Å². The van der Waals surface area contributed by atoms with E-state index in [2.05, 4.69) is 21.3 Å².